The molecule has 0 amide bonds. The lowest BCUT2D eigenvalue weighted by atomic mass is 10.2. The zero-order chi connectivity index (χ0) is 14.1. The van der Waals surface area contributed by atoms with Gasteiger partial charge in [0.25, 0.3) is 0 Å². The van der Waals surface area contributed by atoms with Gasteiger partial charge in [0, 0.05) is 25.0 Å². The molecule has 1 aliphatic rings. The van der Waals surface area contributed by atoms with Gasteiger partial charge in [-0.25, -0.2) is 9.59 Å². The highest BCUT2D eigenvalue weighted by Crippen LogP contribution is 2.21. The molecule has 2 N–H and O–H groups in total. The number of imidazole rings is 1. The maximum absolute atomic E-state index is 11.7. The minimum atomic E-state index is -1.13. The SMILES string of the molecule is O=C(O)c1c[nH]c(=O)n1-c1ccc(N2CCCC2)cc1. The number of aromatic nitrogens is 2. The van der Waals surface area contributed by atoms with E-state index in [9.17, 15) is 9.59 Å². The lowest BCUT2D eigenvalue weighted by Crippen LogP contribution is -2.20. The summed E-state index contributed by atoms with van der Waals surface area (Å²) in [5.41, 5.74) is 1.14. The predicted molar refractivity (Wildman–Crippen MR) is 74.8 cm³/mol. The topological polar surface area (TPSA) is 78.3 Å². The summed E-state index contributed by atoms with van der Waals surface area (Å²) in [6.45, 7) is 2.09. The molecule has 20 heavy (non-hydrogen) atoms. The van der Waals surface area contributed by atoms with Crippen molar-refractivity contribution in [3.63, 3.8) is 0 Å². The molecule has 2 heterocycles. The van der Waals surface area contributed by atoms with Crippen LogP contribution in [0.25, 0.3) is 5.69 Å². The van der Waals surface area contributed by atoms with Crippen molar-refractivity contribution < 1.29 is 9.90 Å². The first-order valence-electron chi connectivity index (χ1n) is 6.56. The van der Waals surface area contributed by atoms with Crippen LogP contribution in [0.5, 0.6) is 0 Å². The van der Waals surface area contributed by atoms with Gasteiger partial charge in [0.15, 0.2) is 5.69 Å². The van der Waals surface area contributed by atoms with Crippen molar-refractivity contribution in [1.82, 2.24) is 9.55 Å². The van der Waals surface area contributed by atoms with Crippen LogP contribution in [0.3, 0.4) is 0 Å². The van der Waals surface area contributed by atoms with Gasteiger partial charge >= 0.3 is 11.7 Å². The molecule has 0 atom stereocenters. The highest BCUT2D eigenvalue weighted by Gasteiger charge is 2.16. The Morgan fingerprint density at radius 2 is 1.70 bits per heavy atom. The van der Waals surface area contributed by atoms with Crippen LogP contribution in [0.1, 0.15) is 23.3 Å². The van der Waals surface area contributed by atoms with Crippen LogP contribution in [0.4, 0.5) is 5.69 Å². The number of nitrogens with zero attached hydrogens (tertiary/aromatic N) is 2. The Bertz CT molecular complexity index is 678. The van der Waals surface area contributed by atoms with E-state index in [1.807, 2.05) is 12.1 Å². The molecule has 0 spiro atoms. The molecule has 1 aromatic carbocycles. The second-order valence-corrected chi connectivity index (χ2v) is 4.83. The number of H-pyrrole nitrogens is 1. The van der Waals surface area contributed by atoms with Crippen LogP contribution in [-0.2, 0) is 0 Å². The molecule has 0 unspecified atom stereocenters. The van der Waals surface area contributed by atoms with Crippen molar-refractivity contribution in [2.45, 2.75) is 12.8 Å². The van der Waals surface area contributed by atoms with Gasteiger partial charge in [-0.05, 0) is 37.1 Å². The van der Waals surface area contributed by atoms with E-state index in [0.29, 0.717) is 5.69 Å². The Morgan fingerprint density at radius 3 is 2.30 bits per heavy atom. The lowest BCUT2D eigenvalue weighted by molar-refractivity contribution is 0.0688. The van der Waals surface area contributed by atoms with E-state index in [2.05, 4.69) is 9.88 Å². The highest BCUT2D eigenvalue weighted by molar-refractivity contribution is 5.86. The van der Waals surface area contributed by atoms with Crippen LogP contribution in [-0.4, -0.2) is 33.7 Å². The van der Waals surface area contributed by atoms with Crippen LogP contribution < -0.4 is 10.6 Å². The smallest absolute Gasteiger partial charge is 0.354 e. The summed E-state index contributed by atoms with van der Waals surface area (Å²) in [4.78, 5) is 27.5. The van der Waals surface area contributed by atoms with Gasteiger partial charge < -0.3 is 15.0 Å². The van der Waals surface area contributed by atoms with Crippen LogP contribution in [0, 0.1) is 0 Å². The Kier molecular flexibility index (Phi) is 3.06. The minimum absolute atomic E-state index is 0.0658. The Hall–Kier alpha value is -2.50. The highest BCUT2D eigenvalue weighted by atomic mass is 16.4. The third kappa shape index (κ3) is 2.09. The zero-order valence-electron chi connectivity index (χ0n) is 10.9. The first-order chi connectivity index (χ1) is 9.66. The molecular formula is C14H15N3O3. The fraction of sp³-hybridized carbons (Fsp3) is 0.286. The van der Waals surface area contributed by atoms with E-state index >= 15 is 0 Å². The molecule has 1 saturated heterocycles. The van der Waals surface area contributed by atoms with Gasteiger partial charge in [-0.15, -0.1) is 0 Å². The Labute approximate surface area is 115 Å². The molecule has 1 aliphatic heterocycles. The van der Waals surface area contributed by atoms with E-state index < -0.39 is 11.7 Å². The molecule has 1 fully saturated rings. The first-order valence-corrected chi connectivity index (χ1v) is 6.56. The average molecular weight is 273 g/mol. The van der Waals surface area contributed by atoms with Crippen molar-refractivity contribution in [3.05, 3.63) is 46.6 Å². The third-order valence-corrected chi connectivity index (χ3v) is 3.57. The largest absolute Gasteiger partial charge is 0.477 e. The lowest BCUT2D eigenvalue weighted by Gasteiger charge is -2.17. The summed E-state index contributed by atoms with van der Waals surface area (Å²) in [7, 11) is 0. The number of hydrogen-bond donors (Lipinski definition) is 2. The van der Waals surface area contributed by atoms with Gasteiger partial charge in [0.2, 0.25) is 0 Å². The molecule has 0 aliphatic carbocycles. The van der Waals surface area contributed by atoms with Gasteiger partial charge in [-0.3, -0.25) is 4.57 Å². The van der Waals surface area contributed by atoms with Gasteiger partial charge in [-0.2, -0.15) is 0 Å². The van der Waals surface area contributed by atoms with E-state index in [4.69, 9.17) is 5.11 Å². The van der Waals surface area contributed by atoms with Crippen LogP contribution in [0.15, 0.2) is 35.3 Å². The van der Waals surface area contributed by atoms with Crippen molar-refractivity contribution in [2.24, 2.45) is 0 Å². The average Bonchev–Trinajstić information content (AvgIpc) is 3.08. The van der Waals surface area contributed by atoms with E-state index in [0.717, 1.165) is 23.3 Å². The van der Waals surface area contributed by atoms with Crippen LogP contribution >= 0.6 is 0 Å². The van der Waals surface area contributed by atoms with Gasteiger partial charge in [0.05, 0.1) is 5.69 Å². The molecule has 0 bridgehead atoms. The number of rotatable bonds is 3. The molecule has 104 valence electrons. The van der Waals surface area contributed by atoms with E-state index in [1.54, 1.807) is 12.1 Å². The fourth-order valence-electron chi connectivity index (χ4n) is 2.57. The summed E-state index contributed by atoms with van der Waals surface area (Å²) in [5.74, 6) is -1.13. The molecule has 2 aromatic rings. The zero-order valence-corrected chi connectivity index (χ0v) is 10.9. The second kappa shape index (κ2) is 4.88. The standard InChI is InChI=1S/C14H15N3O3/c18-13(19)12-9-15-14(20)17(12)11-5-3-10(4-6-11)16-7-1-2-8-16/h3-6,9H,1-2,7-8H2,(H,15,20)(H,18,19). The molecule has 6 heteroatoms. The van der Waals surface area contributed by atoms with Crippen molar-refractivity contribution in [3.8, 4) is 5.69 Å². The predicted octanol–water partition coefficient (Wildman–Crippen LogP) is 1.46. The number of carbonyl (C=O) groups is 1. The molecule has 6 nitrogen and oxygen atoms in total. The summed E-state index contributed by atoms with van der Waals surface area (Å²) in [6, 6.07) is 7.39. The number of carboxylic acids is 1. The number of aromatic carboxylic acids is 1. The van der Waals surface area contributed by atoms with Crippen molar-refractivity contribution >= 4 is 11.7 Å². The quantitative estimate of drug-likeness (QED) is 0.887. The third-order valence-electron chi connectivity index (χ3n) is 3.57. The molecule has 0 saturated carbocycles. The van der Waals surface area contributed by atoms with Crippen LogP contribution in [0.2, 0.25) is 0 Å². The molecule has 0 radical (unpaired) electrons. The molecule has 1 aromatic heterocycles. The van der Waals surface area contributed by atoms with E-state index in [-0.39, 0.29) is 5.69 Å². The fourth-order valence-corrected chi connectivity index (χ4v) is 2.57. The number of aromatic amines is 1. The Morgan fingerprint density at radius 1 is 1.10 bits per heavy atom. The molecular weight excluding hydrogens is 258 g/mol. The number of carboxylic acid groups (broad SMARTS) is 1. The summed E-state index contributed by atoms with van der Waals surface area (Å²) in [5, 5.41) is 9.08. The summed E-state index contributed by atoms with van der Waals surface area (Å²) < 4.78 is 1.16. The number of benzene rings is 1. The maximum Gasteiger partial charge on any atom is 0.354 e. The number of nitrogens with one attached hydrogen (secondary N) is 1. The maximum atomic E-state index is 11.7. The van der Waals surface area contributed by atoms with Crippen molar-refractivity contribution in [2.75, 3.05) is 18.0 Å². The van der Waals surface area contributed by atoms with Gasteiger partial charge in [0.1, 0.15) is 0 Å². The van der Waals surface area contributed by atoms with Gasteiger partial charge in [-0.1, -0.05) is 0 Å². The minimum Gasteiger partial charge on any atom is -0.477 e. The van der Waals surface area contributed by atoms with E-state index in [1.165, 1.54) is 19.0 Å². The summed E-state index contributed by atoms with van der Waals surface area (Å²) in [6.07, 6.45) is 3.60. The number of hydrogen-bond acceptors (Lipinski definition) is 3. The van der Waals surface area contributed by atoms with Crippen molar-refractivity contribution in [1.29, 1.82) is 0 Å². The first kappa shape index (κ1) is 12.5. The number of anilines is 1. The summed E-state index contributed by atoms with van der Waals surface area (Å²) >= 11 is 0. The second-order valence-electron chi connectivity index (χ2n) is 4.83. The molecule has 3 rings (SSSR count). The Balaban J connectivity index is 1.97. The normalized spacial score (nSPS) is 14.7. The monoisotopic (exact) mass is 273 g/mol.